The normalized spacial score (nSPS) is 10.9. The largest absolute Gasteiger partial charge is 0.507 e. The Hall–Kier alpha value is -2.10. The molecule has 4 nitrogen and oxygen atoms in total. The van der Waals surface area contributed by atoms with E-state index in [1.165, 1.54) is 0 Å². The highest BCUT2D eigenvalue weighted by Crippen LogP contribution is 2.27. The zero-order valence-electron chi connectivity index (χ0n) is 11.8. The van der Waals surface area contributed by atoms with Gasteiger partial charge < -0.3 is 10.1 Å². The molecule has 20 heavy (non-hydrogen) atoms. The number of hydrogen-bond acceptors (Lipinski definition) is 3. The van der Waals surface area contributed by atoms with Gasteiger partial charge in [0.25, 0.3) is 5.56 Å². The lowest BCUT2D eigenvalue weighted by molar-refractivity contribution is 0.481. The van der Waals surface area contributed by atoms with E-state index < -0.39 is 11.0 Å². The van der Waals surface area contributed by atoms with Crippen molar-refractivity contribution in [1.29, 1.82) is 0 Å². The van der Waals surface area contributed by atoms with Gasteiger partial charge in [-0.1, -0.05) is 32.8 Å². The summed E-state index contributed by atoms with van der Waals surface area (Å²) >= 11 is 0. The van der Waals surface area contributed by atoms with Crippen LogP contribution in [0.5, 0.6) is 5.75 Å². The Morgan fingerprint density at radius 2 is 1.80 bits per heavy atom. The van der Waals surface area contributed by atoms with E-state index >= 15 is 0 Å². The fourth-order valence-corrected chi connectivity index (χ4v) is 2.53. The minimum absolute atomic E-state index is 0.149. The molecule has 1 aromatic carbocycles. The Morgan fingerprint density at radius 3 is 2.45 bits per heavy atom. The molecule has 0 aliphatic rings. The second kappa shape index (κ2) is 5.90. The van der Waals surface area contributed by atoms with Gasteiger partial charge in [-0.15, -0.1) is 0 Å². The standard InChI is InChI=1S/C16H19NO3/c1-3-5-10-7-8-12-13(18)9-14(19)16(20)17-15(12)11(10)6-4-2/h7-9,18H,3-6H2,1-2H3,(H,17,19,20). The lowest BCUT2D eigenvalue weighted by atomic mass is 9.96. The van der Waals surface area contributed by atoms with Gasteiger partial charge in [0.05, 0.1) is 5.52 Å². The summed E-state index contributed by atoms with van der Waals surface area (Å²) in [4.78, 5) is 25.9. The van der Waals surface area contributed by atoms with Crippen molar-refractivity contribution < 1.29 is 5.11 Å². The number of nitrogens with one attached hydrogen (secondary N) is 1. The zero-order chi connectivity index (χ0) is 14.7. The van der Waals surface area contributed by atoms with E-state index in [4.69, 9.17) is 0 Å². The molecule has 0 fully saturated rings. The van der Waals surface area contributed by atoms with Crippen LogP contribution in [0.3, 0.4) is 0 Å². The number of hydrogen-bond donors (Lipinski definition) is 2. The van der Waals surface area contributed by atoms with Crippen LogP contribution in [0.4, 0.5) is 0 Å². The summed E-state index contributed by atoms with van der Waals surface area (Å²) in [5, 5.41) is 10.5. The molecule has 0 aliphatic carbocycles. The molecule has 2 rings (SSSR count). The number of aromatic hydroxyl groups is 1. The Balaban J connectivity index is 2.92. The van der Waals surface area contributed by atoms with Gasteiger partial charge in [0.15, 0.2) is 0 Å². The molecule has 4 heteroatoms. The summed E-state index contributed by atoms with van der Waals surface area (Å²) in [6.45, 7) is 4.16. The molecule has 0 atom stereocenters. The molecule has 2 aromatic rings. The molecule has 0 spiro atoms. The Bertz CT molecular complexity index is 747. The van der Waals surface area contributed by atoms with Crippen molar-refractivity contribution in [2.45, 2.75) is 39.5 Å². The molecule has 106 valence electrons. The number of benzene rings is 1. The predicted octanol–water partition coefficient (Wildman–Crippen LogP) is 2.50. The van der Waals surface area contributed by atoms with E-state index in [-0.39, 0.29) is 5.75 Å². The summed E-state index contributed by atoms with van der Waals surface area (Å²) in [6, 6.07) is 4.72. The molecule has 0 amide bonds. The van der Waals surface area contributed by atoms with Crippen molar-refractivity contribution in [2.24, 2.45) is 0 Å². The number of aromatic amines is 1. The van der Waals surface area contributed by atoms with E-state index in [0.717, 1.165) is 42.9 Å². The van der Waals surface area contributed by atoms with Gasteiger partial charge in [0.2, 0.25) is 5.43 Å². The van der Waals surface area contributed by atoms with Gasteiger partial charge >= 0.3 is 0 Å². The van der Waals surface area contributed by atoms with Crippen molar-refractivity contribution in [1.82, 2.24) is 4.98 Å². The molecule has 0 saturated heterocycles. The van der Waals surface area contributed by atoms with Crippen molar-refractivity contribution in [3.05, 3.63) is 49.9 Å². The molecule has 0 bridgehead atoms. The molecule has 0 radical (unpaired) electrons. The number of H-pyrrole nitrogens is 1. The SMILES string of the molecule is CCCc1ccc2c(O)cc(=O)c(=O)[nH]c2c1CCC. The number of fused-ring (bicyclic) bond motifs is 1. The summed E-state index contributed by atoms with van der Waals surface area (Å²) in [7, 11) is 0. The monoisotopic (exact) mass is 273 g/mol. The van der Waals surface area contributed by atoms with Crippen molar-refractivity contribution in [3.63, 3.8) is 0 Å². The topological polar surface area (TPSA) is 70.2 Å². The lowest BCUT2D eigenvalue weighted by Gasteiger charge is -2.10. The quantitative estimate of drug-likeness (QED) is 0.841. The van der Waals surface area contributed by atoms with Gasteiger partial charge in [0.1, 0.15) is 5.75 Å². The maximum Gasteiger partial charge on any atom is 0.296 e. The summed E-state index contributed by atoms with van der Waals surface area (Å²) in [5.74, 6) is -0.149. The molecule has 0 unspecified atom stereocenters. The van der Waals surface area contributed by atoms with E-state index in [1.54, 1.807) is 6.07 Å². The van der Waals surface area contributed by atoms with Crippen LogP contribution in [0.15, 0.2) is 27.8 Å². The highest BCUT2D eigenvalue weighted by atomic mass is 16.3. The first-order valence-corrected chi connectivity index (χ1v) is 6.99. The van der Waals surface area contributed by atoms with Crippen molar-refractivity contribution in [3.8, 4) is 5.75 Å². The van der Waals surface area contributed by atoms with E-state index in [9.17, 15) is 14.7 Å². The molecule has 0 aliphatic heterocycles. The first-order chi connectivity index (χ1) is 9.58. The van der Waals surface area contributed by atoms with Gasteiger partial charge in [-0.25, -0.2) is 0 Å². The van der Waals surface area contributed by atoms with Crippen LogP contribution in [0, 0.1) is 0 Å². The summed E-state index contributed by atoms with van der Waals surface area (Å²) < 4.78 is 0. The van der Waals surface area contributed by atoms with Crippen LogP contribution in [0.1, 0.15) is 37.8 Å². The lowest BCUT2D eigenvalue weighted by Crippen LogP contribution is -2.22. The average molecular weight is 273 g/mol. The average Bonchev–Trinajstić information content (AvgIpc) is 2.51. The van der Waals surface area contributed by atoms with E-state index in [0.29, 0.717) is 10.9 Å². The molecule has 2 N–H and O–H groups in total. The minimum atomic E-state index is -0.724. The van der Waals surface area contributed by atoms with Crippen LogP contribution < -0.4 is 11.0 Å². The second-order valence-corrected chi connectivity index (χ2v) is 4.97. The number of rotatable bonds is 4. The van der Waals surface area contributed by atoms with Gasteiger partial charge in [-0.3, -0.25) is 9.59 Å². The highest BCUT2D eigenvalue weighted by molar-refractivity contribution is 5.87. The Kier molecular flexibility index (Phi) is 4.23. The third kappa shape index (κ3) is 2.59. The number of aromatic nitrogens is 1. The molecular formula is C16H19NO3. The van der Waals surface area contributed by atoms with E-state index in [2.05, 4.69) is 18.8 Å². The molecule has 1 aromatic heterocycles. The molecular weight excluding hydrogens is 254 g/mol. The fourth-order valence-electron chi connectivity index (χ4n) is 2.53. The van der Waals surface area contributed by atoms with Gasteiger partial charge in [-0.2, -0.15) is 0 Å². The third-order valence-electron chi connectivity index (χ3n) is 3.44. The maximum absolute atomic E-state index is 11.7. The van der Waals surface area contributed by atoms with Gasteiger partial charge in [0, 0.05) is 11.5 Å². The third-order valence-corrected chi connectivity index (χ3v) is 3.44. The summed E-state index contributed by atoms with van der Waals surface area (Å²) in [6.07, 6.45) is 3.66. The van der Waals surface area contributed by atoms with Crippen LogP contribution in [-0.4, -0.2) is 10.1 Å². The Labute approximate surface area is 117 Å². The van der Waals surface area contributed by atoms with Crippen LogP contribution in [-0.2, 0) is 12.8 Å². The van der Waals surface area contributed by atoms with Crippen LogP contribution in [0.2, 0.25) is 0 Å². The fraction of sp³-hybridized carbons (Fsp3) is 0.375. The van der Waals surface area contributed by atoms with Crippen LogP contribution >= 0.6 is 0 Å². The highest BCUT2D eigenvalue weighted by Gasteiger charge is 2.10. The zero-order valence-corrected chi connectivity index (χ0v) is 11.8. The van der Waals surface area contributed by atoms with E-state index in [1.807, 2.05) is 6.07 Å². The van der Waals surface area contributed by atoms with Gasteiger partial charge in [-0.05, 0) is 30.0 Å². The molecule has 0 saturated carbocycles. The van der Waals surface area contributed by atoms with Crippen molar-refractivity contribution in [2.75, 3.05) is 0 Å². The second-order valence-electron chi connectivity index (χ2n) is 4.97. The van der Waals surface area contributed by atoms with Crippen LogP contribution in [0.25, 0.3) is 10.9 Å². The maximum atomic E-state index is 11.7. The predicted molar refractivity (Wildman–Crippen MR) is 80.5 cm³/mol. The van der Waals surface area contributed by atoms with Crippen molar-refractivity contribution >= 4 is 10.9 Å². The smallest absolute Gasteiger partial charge is 0.296 e. The minimum Gasteiger partial charge on any atom is -0.507 e. The first kappa shape index (κ1) is 14.3. The molecule has 1 heterocycles. The first-order valence-electron chi connectivity index (χ1n) is 6.99. The summed E-state index contributed by atoms with van der Waals surface area (Å²) in [5.41, 5.74) is 1.35. The Morgan fingerprint density at radius 1 is 1.10 bits per heavy atom. The number of aryl methyl sites for hydroxylation is 2.